The molecule has 0 amide bonds. The molecule has 0 aromatic heterocycles. The van der Waals surface area contributed by atoms with Crippen molar-refractivity contribution in [3.8, 4) is 0 Å². The molecule has 1 saturated carbocycles. The molecule has 0 aromatic carbocycles. The summed E-state index contributed by atoms with van der Waals surface area (Å²) in [6, 6.07) is 0. The second-order valence-electron chi connectivity index (χ2n) is 5.32. The topological polar surface area (TPSA) is 78.1 Å². The Hall–Kier alpha value is -0.120. The Morgan fingerprint density at radius 3 is 1.08 bits per heavy atom. The summed E-state index contributed by atoms with van der Waals surface area (Å²) in [6.45, 7) is 10.3. The predicted molar refractivity (Wildman–Crippen MR) is 51.3 cm³/mol. The summed E-state index contributed by atoms with van der Waals surface area (Å²) in [6.07, 6.45) is 0. The van der Waals surface area contributed by atoms with E-state index in [9.17, 15) is 0 Å². The minimum atomic E-state index is -0.774. The largest absolute Gasteiger partial charge is 0.322 e. The van der Waals surface area contributed by atoms with Gasteiger partial charge in [-0.1, -0.05) is 27.7 Å². The summed E-state index contributed by atoms with van der Waals surface area (Å²) in [5.74, 6) is 0. The van der Waals surface area contributed by atoms with Gasteiger partial charge >= 0.3 is 0 Å². The first-order valence-electron chi connectivity index (χ1n) is 4.37. The molecule has 1 rings (SSSR count). The highest BCUT2D eigenvalue weighted by Gasteiger charge is 2.74. The molecule has 0 heterocycles. The molecular weight excluding hydrogens is 150 g/mol. The van der Waals surface area contributed by atoms with E-state index in [0.717, 1.165) is 0 Å². The lowest BCUT2D eigenvalue weighted by atomic mass is 9.37. The van der Waals surface area contributed by atoms with Gasteiger partial charge in [-0.05, 0) is 12.3 Å². The third-order valence-electron chi connectivity index (χ3n) is 4.75. The van der Waals surface area contributed by atoms with E-state index in [1.807, 2.05) is 6.92 Å². The maximum Gasteiger partial charge on any atom is 0.0882 e. The van der Waals surface area contributed by atoms with E-state index in [0.29, 0.717) is 0 Å². The molecule has 3 nitrogen and oxygen atoms in total. The van der Waals surface area contributed by atoms with Crippen LogP contribution < -0.4 is 17.2 Å². The Morgan fingerprint density at radius 1 is 0.667 bits per heavy atom. The zero-order valence-corrected chi connectivity index (χ0v) is 8.73. The highest BCUT2D eigenvalue weighted by atomic mass is 15.2. The first-order valence-corrected chi connectivity index (χ1v) is 4.37. The van der Waals surface area contributed by atoms with Crippen molar-refractivity contribution in [3.63, 3.8) is 0 Å². The van der Waals surface area contributed by atoms with Crippen molar-refractivity contribution in [1.82, 2.24) is 0 Å². The van der Waals surface area contributed by atoms with Crippen molar-refractivity contribution in [2.45, 2.75) is 45.8 Å². The Morgan fingerprint density at radius 2 is 1.00 bits per heavy atom. The zero-order chi connectivity index (χ0) is 10.0. The molecule has 0 radical (unpaired) electrons. The van der Waals surface area contributed by atoms with Crippen molar-refractivity contribution < 1.29 is 0 Å². The Balaban J connectivity index is 3.16. The average molecular weight is 171 g/mol. The van der Waals surface area contributed by atoms with E-state index >= 15 is 0 Å². The third-order valence-corrected chi connectivity index (χ3v) is 4.75. The number of hydrogen-bond donors (Lipinski definition) is 3. The van der Waals surface area contributed by atoms with Gasteiger partial charge in [0.25, 0.3) is 0 Å². The van der Waals surface area contributed by atoms with Crippen molar-refractivity contribution in [2.75, 3.05) is 0 Å². The highest BCUT2D eigenvalue weighted by molar-refractivity contribution is 5.29. The monoisotopic (exact) mass is 171 g/mol. The predicted octanol–water partition coefficient (Wildman–Crippen LogP) is 0.384. The van der Waals surface area contributed by atoms with Gasteiger partial charge < -0.3 is 17.2 Å². The Labute approximate surface area is 74.7 Å². The Kier molecular flexibility index (Phi) is 1.55. The van der Waals surface area contributed by atoms with Gasteiger partial charge in [-0.25, -0.2) is 0 Å². The Bertz CT molecular complexity index is 150. The fraction of sp³-hybridized carbons (Fsp3) is 1.00. The van der Waals surface area contributed by atoms with Crippen LogP contribution in [0.1, 0.15) is 34.6 Å². The van der Waals surface area contributed by atoms with Crippen LogP contribution >= 0.6 is 0 Å². The minimum absolute atomic E-state index is 0.0243. The summed E-state index contributed by atoms with van der Waals surface area (Å²) < 4.78 is 0. The molecule has 1 unspecified atom stereocenters. The molecule has 0 spiro atoms. The van der Waals surface area contributed by atoms with Crippen LogP contribution in [-0.4, -0.2) is 11.2 Å². The van der Waals surface area contributed by atoms with E-state index in [-0.39, 0.29) is 10.8 Å². The van der Waals surface area contributed by atoms with Gasteiger partial charge in [-0.3, -0.25) is 0 Å². The second kappa shape index (κ2) is 1.86. The number of hydrogen-bond acceptors (Lipinski definition) is 3. The van der Waals surface area contributed by atoms with E-state index in [1.54, 1.807) is 0 Å². The van der Waals surface area contributed by atoms with E-state index in [4.69, 9.17) is 17.2 Å². The molecule has 1 aliphatic carbocycles. The molecule has 0 aromatic rings. The smallest absolute Gasteiger partial charge is 0.0882 e. The van der Waals surface area contributed by atoms with Crippen molar-refractivity contribution in [2.24, 2.45) is 28.0 Å². The molecule has 0 aliphatic heterocycles. The van der Waals surface area contributed by atoms with Gasteiger partial charge in [-0.15, -0.1) is 0 Å². The molecule has 3 heteroatoms. The maximum atomic E-state index is 6.10. The van der Waals surface area contributed by atoms with Crippen LogP contribution in [0.25, 0.3) is 0 Å². The van der Waals surface area contributed by atoms with Gasteiger partial charge in [0.05, 0.1) is 11.2 Å². The van der Waals surface area contributed by atoms with Crippen LogP contribution in [0.5, 0.6) is 0 Å². The number of rotatable bonds is 0. The first kappa shape index (κ1) is 9.96. The number of nitrogens with two attached hydrogens (primary N) is 3. The molecule has 0 saturated heterocycles. The van der Waals surface area contributed by atoms with Crippen molar-refractivity contribution in [1.29, 1.82) is 0 Å². The van der Waals surface area contributed by atoms with E-state index in [2.05, 4.69) is 27.7 Å². The zero-order valence-electron chi connectivity index (χ0n) is 8.73. The summed E-state index contributed by atoms with van der Waals surface area (Å²) in [4.78, 5) is 0. The van der Waals surface area contributed by atoms with Gasteiger partial charge in [0.2, 0.25) is 0 Å². The lowest BCUT2D eigenvalue weighted by Crippen LogP contribution is -2.93. The van der Waals surface area contributed by atoms with Gasteiger partial charge in [0, 0.05) is 5.41 Å². The summed E-state index contributed by atoms with van der Waals surface area (Å²) in [7, 11) is 0. The highest BCUT2D eigenvalue weighted by Crippen LogP contribution is 2.63. The van der Waals surface area contributed by atoms with E-state index in [1.165, 1.54) is 0 Å². The molecule has 1 atom stereocenters. The molecule has 1 fully saturated rings. The third kappa shape index (κ3) is 0.605. The first-order chi connectivity index (χ1) is 5.00. The van der Waals surface area contributed by atoms with Crippen LogP contribution in [0.3, 0.4) is 0 Å². The van der Waals surface area contributed by atoms with Gasteiger partial charge in [-0.2, -0.15) is 0 Å². The fourth-order valence-electron chi connectivity index (χ4n) is 2.27. The van der Waals surface area contributed by atoms with Crippen LogP contribution in [0, 0.1) is 10.8 Å². The molecule has 72 valence electrons. The van der Waals surface area contributed by atoms with Crippen molar-refractivity contribution >= 4 is 0 Å². The van der Waals surface area contributed by atoms with Crippen LogP contribution in [0.4, 0.5) is 0 Å². The molecule has 6 N–H and O–H groups in total. The standard InChI is InChI=1S/C9H21N3/c1-6(2)7(3,4)9(11,12)8(6,5)10/h10-12H2,1-5H3. The SMILES string of the molecule is CC1(C)C(C)(C)C(N)(N)C1(C)N. The fourth-order valence-corrected chi connectivity index (χ4v) is 2.27. The summed E-state index contributed by atoms with van der Waals surface area (Å²) >= 11 is 0. The van der Waals surface area contributed by atoms with Crippen LogP contribution in [0.2, 0.25) is 0 Å². The lowest BCUT2D eigenvalue weighted by molar-refractivity contribution is -0.192. The molecule has 0 bridgehead atoms. The molecular formula is C9H21N3. The molecule has 12 heavy (non-hydrogen) atoms. The average Bonchev–Trinajstić information content (AvgIpc) is 1.84. The summed E-state index contributed by atoms with van der Waals surface area (Å²) in [5, 5.41) is 0. The molecule has 1 aliphatic rings. The maximum absolute atomic E-state index is 6.10. The van der Waals surface area contributed by atoms with E-state index < -0.39 is 11.2 Å². The second-order valence-corrected chi connectivity index (χ2v) is 5.32. The van der Waals surface area contributed by atoms with Crippen LogP contribution in [-0.2, 0) is 0 Å². The van der Waals surface area contributed by atoms with Crippen LogP contribution in [0.15, 0.2) is 0 Å². The quantitative estimate of drug-likeness (QED) is 0.461. The lowest BCUT2D eigenvalue weighted by Gasteiger charge is -2.74. The van der Waals surface area contributed by atoms with Gasteiger partial charge in [0.1, 0.15) is 0 Å². The summed E-state index contributed by atoms with van der Waals surface area (Å²) in [5.41, 5.74) is 16.7. The minimum Gasteiger partial charge on any atom is -0.322 e. The normalized spacial score (nSPS) is 42.0. The van der Waals surface area contributed by atoms with Gasteiger partial charge in [0.15, 0.2) is 0 Å². The van der Waals surface area contributed by atoms with Crippen molar-refractivity contribution in [3.05, 3.63) is 0 Å².